The number of phenols is 2. The third kappa shape index (κ3) is 4.94. The number of nitrogens with zero attached hydrogens (tertiary/aromatic N) is 2. The van der Waals surface area contributed by atoms with E-state index in [1.165, 1.54) is 21.1 Å². The Balaban J connectivity index is 1.35. The Morgan fingerprint density at radius 1 is 1.04 bits per heavy atom. The first kappa shape index (κ1) is 36.2. The number of aryl methyl sites for hydroxylation is 1. The summed E-state index contributed by atoms with van der Waals surface area (Å²) in [6, 6.07) is 2.16. The predicted molar refractivity (Wildman–Crippen MR) is 195 cm³/mol. The van der Waals surface area contributed by atoms with E-state index in [2.05, 4.69) is 5.32 Å². The molecule has 10 rings (SSSR count). The molecular weight excluding hydrogens is 735 g/mol. The van der Waals surface area contributed by atoms with Crippen LogP contribution in [0.2, 0.25) is 0 Å². The van der Waals surface area contributed by atoms with Crippen LogP contribution in [0.5, 0.6) is 40.2 Å². The lowest BCUT2D eigenvalue weighted by atomic mass is 9.73. The molecule has 3 aromatic rings. The zero-order valence-corrected chi connectivity index (χ0v) is 32.1. The molecule has 0 amide bonds. The molecule has 3 aromatic carbocycles. The quantitative estimate of drug-likeness (QED) is 0.172. The van der Waals surface area contributed by atoms with Crippen LogP contribution in [0.4, 0.5) is 0 Å². The van der Waals surface area contributed by atoms with Crippen LogP contribution in [-0.2, 0) is 43.9 Å². The number of methoxy groups -OCH3 is 2. The normalized spacial score (nSPS) is 30.5. The van der Waals surface area contributed by atoms with Gasteiger partial charge >= 0.3 is 11.9 Å². The highest BCUT2D eigenvalue weighted by atomic mass is 32.2. The molecule has 2 fully saturated rings. The van der Waals surface area contributed by atoms with Gasteiger partial charge in [0.05, 0.1) is 44.0 Å². The van der Waals surface area contributed by atoms with Gasteiger partial charge in [0.15, 0.2) is 45.3 Å². The van der Waals surface area contributed by atoms with Gasteiger partial charge in [-0.25, -0.2) is 4.79 Å². The monoisotopic (exact) mass is 777 g/mol. The minimum absolute atomic E-state index is 0.0529. The number of hydrogen-bond donors (Lipinski definition) is 4. The third-order valence-electron chi connectivity index (χ3n) is 12.4. The maximum Gasteiger partial charge on any atom is 0.336 e. The number of hydrogen-bond acceptors (Lipinski definition) is 15. The molecule has 4 bridgehead atoms. The summed E-state index contributed by atoms with van der Waals surface area (Å²) in [4.78, 5) is 31.5. The summed E-state index contributed by atoms with van der Waals surface area (Å²) in [5.41, 5.74) is 2.93. The van der Waals surface area contributed by atoms with Gasteiger partial charge < -0.3 is 48.3 Å². The van der Waals surface area contributed by atoms with E-state index < -0.39 is 64.3 Å². The fourth-order valence-electron chi connectivity index (χ4n) is 10.2. The highest BCUT2D eigenvalue weighted by Gasteiger charge is 2.65. The molecule has 1 spiro atoms. The number of esters is 2. The van der Waals surface area contributed by atoms with Crippen molar-refractivity contribution >= 4 is 23.1 Å². The summed E-state index contributed by atoms with van der Waals surface area (Å²) in [5.74, 6) is -0.492. The molecule has 8 atom stereocenters. The van der Waals surface area contributed by atoms with Gasteiger partial charge in [0.1, 0.15) is 24.3 Å². The highest BCUT2D eigenvalue weighted by Crippen LogP contribution is 2.63. The van der Waals surface area contributed by atoms with Gasteiger partial charge in [-0.2, -0.15) is 0 Å². The Morgan fingerprint density at radius 3 is 2.53 bits per heavy atom. The van der Waals surface area contributed by atoms with Gasteiger partial charge in [-0.1, -0.05) is 6.07 Å². The van der Waals surface area contributed by atoms with E-state index >= 15 is 4.55 Å². The Morgan fingerprint density at radius 2 is 1.80 bits per heavy atom. The standard InChI is InChI=1S/C39H43N3O12S/c1-16-9-20-10-22-37(46)42-23-13-51-38(47)39(21-12-25(49-5)24(44)11-19(21)7-8-40-39)14-55(48)36(30(42)29(41(22)4)26(20)31(45)32(16)50-6)28-27(23)35-34(52-15-53-35)17(2)33(28)54-18(3)43/h9,11-12,22-23,29-30,36-37,40,44-46H,7-8,10,13-15H2,1-6H3/t22-,23-,29+,30?,36+,37-,39+,55?/m0/s1. The molecule has 0 saturated carbocycles. The summed E-state index contributed by atoms with van der Waals surface area (Å²) < 4.78 is 51.5. The van der Waals surface area contributed by atoms with Crippen molar-refractivity contribution in [2.24, 2.45) is 0 Å². The van der Waals surface area contributed by atoms with Crippen molar-refractivity contribution in [2.45, 2.75) is 74.8 Å². The molecular formula is C39H43N3O12S. The first-order valence-electron chi connectivity index (χ1n) is 18.2. The molecule has 0 aromatic heterocycles. The van der Waals surface area contributed by atoms with Crippen LogP contribution in [0.25, 0.3) is 0 Å². The molecule has 2 saturated heterocycles. The topological polar surface area (TPSA) is 192 Å². The Hall–Kier alpha value is -4.45. The minimum Gasteiger partial charge on any atom is -0.616 e. The Kier molecular flexibility index (Phi) is 8.42. The van der Waals surface area contributed by atoms with Crippen LogP contribution < -0.4 is 29.0 Å². The van der Waals surface area contributed by atoms with E-state index in [4.69, 9.17) is 28.4 Å². The number of benzene rings is 3. The number of nitrogens with one attached hydrogen (secondary N) is 1. The van der Waals surface area contributed by atoms with Gasteiger partial charge in [0, 0.05) is 30.2 Å². The number of fused-ring (bicyclic) bond motifs is 9. The average Bonchev–Trinajstić information content (AvgIpc) is 3.64. The fraction of sp³-hybridized carbons (Fsp3) is 0.487. The number of piperazine rings is 1. The summed E-state index contributed by atoms with van der Waals surface area (Å²) in [6.45, 7) is 4.77. The molecule has 7 aliphatic heterocycles. The second-order valence-electron chi connectivity index (χ2n) is 15.1. The highest BCUT2D eigenvalue weighted by molar-refractivity contribution is 7.91. The SMILES string of the molecule is COc1cc2c(cc1O)CCN[C@]21C[S+]([O-])[C@@H]2c3c(OC(C)=O)c(C)c4c(c3[C@H](COC1=O)N1C2[C@H]2c3c(cc(C)c(OC)c3O)C[C@@H]([C@@H]1O)N2C)OCO4. The van der Waals surface area contributed by atoms with Gasteiger partial charge in [-0.3, -0.25) is 19.9 Å². The summed E-state index contributed by atoms with van der Waals surface area (Å²) in [7, 11) is 4.78. The lowest BCUT2D eigenvalue weighted by molar-refractivity contribution is -0.187. The average molecular weight is 778 g/mol. The van der Waals surface area contributed by atoms with Crippen LogP contribution in [0.1, 0.15) is 68.8 Å². The largest absolute Gasteiger partial charge is 0.616 e. The van der Waals surface area contributed by atoms with Crippen molar-refractivity contribution in [1.82, 2.24) is 15.1 Å². The second-order valence-corrected chi connectivity index (χ2v) is 16.7. The number of ether oxygens (including phenoxy) is 6. The van der Waals surface area contributed by atoms with E-state index in [1.807, 2.05) is 29.8 Å². The van der Waals surface area contributed by atoms with Gasteiger partial charge in [0.2, 0.25) is 6.79 Å². The van der Waals surface area contributed by atoms with E-state index in [-0.39, 0.29) is 42.2 Å². The molecule has 2 unspecified atom stereocenters. The zero-order valence-electron chi connectivity index (χ0n) is 31.3. The van der Waals surface area contributed by atoms with Gasteiger partial charge in [0.25, 0.3) is 0 Å². The molecule has 55 heavy (non-hydrogen) atoms. The van der Waals surface area contributed by atoms with Crippen molar-refractivity contribution in [1.29, 1.82) is 0 Å². The second kappa shape index (κ2) is 12.8. The maximum absolute atomic E-state index is 15.9. The molecule has 16 heteroatoms. The number of aliphatic hydroxyl groups is 1. The summed E-state index contributed by atoms with van der Waals surface area (Å²) in [5, 5.41) is 37.6. The number of aliphatic hydroxyl groups excluding tert-OH is 1. The molecule has 4 N–H and O–H groups in total. The lowest BCUT2D eigenvalue weighted by Crippen LogP contribution is -2.71. The van der Waals surface area contributed by atoms with Crippen molar-refractivity contribution in [3.63, 3.8) is 0 Å². The number of carbonyl (C=O) groups excluding carboxylic acids is 2. The van der Waals surface area contributed by atoms with Gasteiger partial charge in [-0.05, 0) is 79.3 Å². The molecule has 15 nitrogen and oxygen atoms in total. The van der Waals surface area contributed by atoms with Crippen molar-refractivity contribution in [3.05, 3.63) is 62.7 Å². The molecule has 7 heterocycles. The molecule has 0 aliphatic carbocycles. The smallest absolute Gasteiger partial charge is 0.336 e. The number of aromatic hydroxyl groups is 2. The summed E-state index contributed by atoms with van der Waals surface area (Å²) in [6.07, 6.45) is -0.330. The maximum atomic E-state index is 15.9. The van der Waals surface area contributed by atoms with Crippen LogP contribution in [-0.4, -0.2) is 107 Å². The van der Waals surface area contributed by atoms with Crippen LogP contribution in [0.3, 0.4) is 0 Å². The number of phenolic OH excluding ortho intramolecular Hbond substituents is 2. The third-order valence-corrected chi connectivity index (χ3v) is 14.2. The fourth-order valence-corrected chi connectivity index (χ4v) is 12.3. The molecule has 0 radical (unpaired) electrons. The number of rotatable bonds is 3. The van der Waals surface area contributed by atoms with Crippen LogP contribution >= 0.6 is 0 Å². The van der Waals surface area contributed by atoms with Crippen molar-refractivity contribution < 1.29 is 57.9 Å². The van der Waals surface area contributed by atoms with Crippen LogP contribution in [0.15, 0.2) is 18.2 Å². The number of likely N-dealkylation sites (N-methyl/N-ethyl adjacent to an activating group) is 1. The summed E-state index contributed by atoms with van der Waals surface area (Å²) >= 11 is -2.06. The molecule has 292 valence electrons. The van der Waals surface area contributed by atoms with Crippen LogP contribution in [0, 0.1) is 13.8 Å². The van der Waals surface area contributed by atoms with Gasteiger partial charge in [-0.15, -0.1) is 0 Å². The Bertz CT molecular complexity index is 2160. The van der Waals surface area contributed by atoms with E-state index in [0.717, 1.165) is 11.1 Å². The molecule has 7 aliphatic rings. The van der Waals surface area contributed by atoms with E-state index in [0.29, 0.717) is 70.0 Å². The minimum atomic E-state index is -2.06. The predicted octanol–water partition coefficient (Wildman–Crippen LogP) is 2.43. The number of carbonyl (C=O) groups is 2. The van der Waals surface area contributed by atoms with Crippen molar-refractivity contribution in [2.75, 3.05) is 47.0 Å². The lowest BCUT2D eigenvalue weighted by Gasteiger charge is -2.61. The first-order chi connectivity index (χ1) is 26.3. The van der Waals surface area contributed by atoms with Crippen molar-refractivity contribution in [3.8, 4) is 40.2 Å². The van der Waals surface area contributed by atoms with E-state index in [1.54, 1.807) is 19.1 Å². The van der Waals surface area contributed by atoms with E-state index in [9.17, 15) is 24.9 Å². The zero-order chi connectivity index (χ0) is 38.8. The first-order valence-corrected chi connectivity index (χ1v) is 19.6. The Labute approximate surface area is 320 Å².